The van der Waals surface area contributed by atoms with Crippen LogP contribution in [0.15, 0.2) is 47.7 Å². The summed E-state index contributed by atoms with van der Waals surface area (Å²) in [4.78, 5) is 7.86. The number of aromatic nitrogens is 2. The second-order valence-electron chi connectivity index (χ2n) is 6.39. The van der Waals surface area contributed by atoms with E-state index in [9.17, 15) is 18.3 Å². The lowest BCUT2D eigenvalue weighted by Crippen LogP contribution is -2.45. The minimum atomic E-state index is -4.86. The molecule has 0 spiro atoms. The van der Waals surface area contributed by atoms with Gasteiger partial charge in [0.05, 0.1) is 0 Å². The lowest BCUT2D eigenvalue weighted by Gasteiger charge is -2.29. The molecule has 1 unspecified atom stereocenters. The van der Waals surface area contributed by atoms with Crippen molar-refractivity contribution >= 4 is 5.96 Å². The molecular formula is C19H26F3N5O. The Hall–Kier alpha value is -2.55. The second-order valence-corrected chi connectivity index (χ2v) is 6.39. The molecule has 0 saturated carbocycles. The predicted octanol–water partition coefficient (Wildman–Crippen LogP) is 2.36. The van der Waals surface area contributed by atoms with Crippen LogP contribution in [0.3, 0.4) is 0 Å². The third-order valence-electron chi connectivity index (χ3n) is 4.30. The van der Waals surface area contributed by atoms with Crippen molar-refractivity contribution in [3.05, 3.63) is 54.1 Å². The van der Waals surface area contributed by atoms with E-state index in [0.29, 0.717) is 19.0 Å². The number of aliphatic hydroxyl groups is 1. The summed E-state index contributed by atoms with van der Waals surface area (Å²) in [6.45, 7) is 2.80. The van der Waals surface area contributed by atoms with Crippen molar-refractivity contribution in [2.45, 2.75) is 31.5 Å². The Balaban J connectivity index is 2.01. The van der Waals surface area contributed by atoms with Gasteiger partial charge in [-0.1, -0.05) is 30.3 Å². The number of nitrogens with one attached hydrogen (secondary N) is 2. The first-order valence-electron chi connectivity index (χ1n) is 9.11. The molecule has 0 radical (unpaired) electrons. The normalized spacial score (nSPS) is 14.6. The first-order chi connectivity index (χ1) is 13.3. The Kier molecular flexibility index (Phi) is 7.45. The Morgan fingerprint density at radius 3 is 2.50 bits per heavy atom. The number of aliphatic imine (C=N–C) groups is 1. The van der Waals surface area contributed by atoms with Gasteiger partial charge in [0.25, 0.3) is 0 Å². The highest BCUT2D eigenvalue weighted by Crippen LogP contribution is 2.40. The fraction of sp³-hybridized carbons (Fsp3) is 0.474. The van der Waals surface area contributed by atoms with Gasteiger partial charge in [-0.05, 0) is 18.9 Å². The highest BCUT2D eigenvalue weighted by atomic mass is 19.4. The second kappa shape index (κ2) is 9.59. The van der Waals surface area contributed by atoms with Crippen molar-refractivity contribution in [1.29, 1.82) is 0 Å². The van der Waals surface area contributed by atoms with Crippen molar-refractivity contribution in [3.63, 3.8) is 0 Å². The van der Waals surface area contributed by atoms with E-state index in [1.807, 2.05) is 37.3 Å². The Labute approximate surface area is 162 Å². The topological polar surface area (TPSA) is 74.5 Å². The number of hydrogen-bond acceptors (Lipinski definition) is 3. The maximum absolute atomic E-state index is 13.5. The average molecular weight is 397 g/mol. The summed E-state index contributed by atoms with van der Waals surface area (Å²) in [6, 6.07) is 9.84. The van der Waals surface area contributed by atoms with Crippen LogP contribution in [0.25, 0.3) is 0 Å². The fourth-order valence-electron chi connectivity index (χ4n) is 2.79. The molecule has 28 heavy (non-hydrogen) atoms. The smallest absolute Gasteiger partial charge is 0.374 e. The number of nitrogens with zero attached hydrogens (tertiary/aromatic N) is 3. The molecule has 1 heterocycles. The van der Waals surface area contributed by atoms with E-state index in [-0.39, 0.29) is 6.54 Å². The molecular weight excluding hydrogens is 371 g/mol. The maximum atomic E-state index is 13.5. The molecule has 3 N–H and O–H groups in total. The van der Waals surface area contributed by atoms with E-state index < -0.39 is 24.0 Å². The number of hydrogen-bond donors (Lipinski definition) is 3. The number of benzene rings is 1. The molecule has 2 rings (SSSR count). The molecule has 0 fully saturated rings. The van der Waals surface area contributed by atoms with Crippen LogP contribution < -0.4 is 10.6 Å². The largest absolute Gasteiger partial charge is 0.424 e. The van der Waals surface area contributed by atoms with Gasteiger partial charge in [-0.25, -0.2) is 4.98 Å². The SMILES string of the molecule is CCNC(=NCCC(O)(c1nccn1C)C(F)(F)F)NCCc1ccccc1. The third kappa shape index (κ3) is 5.48. The number of guanidine groups is 1. The van der Waals surface area contributed by atoms with Crippen LogP contribution in [0.2, 0.25) is 0 Å². The zero-order valence-electron chi connectivity index (χ0n) is 16.0. The zero-order chi connectivity index (χ0) is 20.6. The summed E-state index contributed by atoms with van der Waals surface area (Å²) in [7, 11) is 1.41. The van der Waals surface area contributed by atoms with Gasteiger partial charge in [0.1, 0.15) is 5.82 Å². The van der Waals surface area contributed by atoms with Gasteiger partial charge in [-0.3, -0.25) is 4.99 Å². The van der Waals surface area contributed by atoms with Crippen LogP contribution in [0.5, 0.6) is 0 Å². The lowest BCUT2D eigenvalue weighted by atomic mass is 9.98. The summed E-state index contributed by atoms with van der Waals surface area (Å²) in [5, 5.41) is 16.4. The first kappa shape index (κ1) is 21.7. The molecule has 1 aromatic carbocycles. The van der Waals surface area contributed by atoms with E-state index in [0.717, 1.165) is 12.0 Å². The summed E-state index contributed by atoms with van der Waals surface area (Å²) < 4.78 is 41.7. The molecule has 0 aliphatic rings. The molecule has 1 aromatic heterocycles. The van der Waals surface area contributed by atoms with E-state index in [1.54, 1.807) is 0 Å². The van der Waals surface area contributed by atoms with Crippen LogP contribution in [-0.4, -0.2) is 46.4 Å². The van der Waals surface area contributed by atoms with Gasteiger partial charge in [-0.2, -0.15) is 13.2 Å². The Morgan fingerprint density at radius 1 is 1.21 bits per heavy atom. The van der Waals surface area contributed by atoms with Crippen LogP contribution in [0.4, 0.5) is 13.2 Å². The lowest BCUT2D eigenvalue weighted by molar-refractivity contribution is -0.272. The molecule has 154 valence electrons. The molecule has 2 aromatic rings. The van der Waals surface area contributed by atoms with Gasteiger partial charge in [0.15, 0.2) is 5.96 Å². The number of halogens is 3. The zero-order valence-corrected chi connectivity index (χ0v) is 16.0. The maximum Gasteiger partial charge on any atom is 0.424 e. The van der Waals surface area contributed by atoms with Gasteiger partial charge >= 0.3 is 6.18 Å². The van der Waals surface area contributed by atoms with Crippen molar-refractivity contribution in [2.75, 3.05) is 19.6 Å². The van der Waals surface area contributed by atoms with Crippen LogP contribution in [0.1, 0.15) is 24.7 Å². The van der Waals surface area contributed by atoms with Crippen LogP contribution in [-0.2, 0) is 19.1 Å². The molecule has 0 aliphatic carbocycles. The molecule has 0 aliphatic heterocycles. The highest BCUT2D eigenvalue weighted by Gasteiger charge is 2.57. The number of imidazole rings is 1. The highest BCUT2D eigenvalue weighted by molar-refractivity contribution is 5.79. The van der Waals surface area contributed by atoms with E-state index in [1.165, 1.54) is 24.0 Å². The molecule has 0 bridgehead atoms. The quantitative estimate of drug-likeness (QED) is 0.472. The third-order valence-corrected chi connectivity index (χ3v) is 4.30. The first-order valence-corrected chi connectivity index (χ1v) is 9.11. The Bertz CT molecular complexity index is 760. The van der Waals surface area contributed by atoms with Crippen molar-refractivity contribution in [2.24, 2.45) is 12.0 Å². The van der Waals surface area contributed by atoms with Crippen LogP contribution >= 0.6 is 0 Å². The molecule has 6 nitrogen and oxygen atoms in total. The number of aryl methyl sites for hydroxylation is 1. The molecule has 1 atom stereocenters. The summed E-state index contributed by atoms with van der Waals surface area (Å²) >= 11 is 0. The monoisotopic (exact) mass is 397 g/mol. The Morgan fingerprint density at radius 2 is 1.93 bits per heavy atom. The molecule has 9 heteroatoms. The minimum absolute atomic E-state index is 0.219. The molecule has 0 saturated heterocycles. The number of alkyl halides is 3. The van der Waals surface area contributed by atoms with Crippen molar-refractivity contribution in [3.8, 4) is 0 Å². The van der Waals surface area contributed by atoms with Gasteiger partial charge < -0.3 is 20.3 Å². The van der Waals surface area contributed by atoms with Gasteiger partial charge in [0.2, 0.25) is 5.60 Å². The van der Waals surface area contributed by atoms with Gasteiger partial charge in [0, 0.05) is 45.5 Å². The van der Waals surface area contributed by atoms with Gasteiger partial charge in [-0.15, -0.1) is 0 Å². The predicted molar refractivity (Wildman–Crippen MR) is 102 cm³/mol. The van der Waals surface area contributed by atoms with E-state index >= 15 is 0 Å². The standard InChI is InChI=1S/C19H26F3N5O/c1-3-23-17(25-11-9-15-7-5-4-6-8-15)26-12-10-18(28,19(20,21)22)16-24-13-14-27(16)2/h4-8,13-14,28H,3,9-12H2,1-2H3,(H2,23,25,26). The minimum Gasteiger partial charge on any atom is -0.374 e. The summed E-state index contributed by atoms with van der Waals surface area (Å²) in [6.07, 6.45) is -2.14. The number of rotatable bonds is 8. The van der Waals surface area contributed by atoms with E-state index in [2.05, 4.69) is 20.6 Å². The summed E-state index contributed by atoms with van der Waals surface area (Å²) in [5.74, 6) is -0.0416. The average Bonchev–Trinajstić information content (AvgIpc) is 3.08. The molecule has 0 amide bonds. The van der Waals surface area contributed by atoms with Crippen LogP contribution in [0, 0.1) is 0 Å². The van der Waals surface area contributed by atoms with E-state index in [4.69, 9.17) is 0 Å². The fourth-order valence-corrected chi connectivity index (χ4v) is 2.79. The van der Waals surface area contributed by atoms with Crippen molar-refractivity contribution < 1.29 is 18.3 Å². The van der Waals surface area contributed by atoms with Crippen molar-refractivity contribution in [1.82, 2.24) is 20.2 Å². The summed E-state index contributed by atoms with van der Waals surface area (Å²) in [5.41, 5.74) is -1.91.